The van der Waals surface area contributed by atoms with Gasteiger partial charge in [0.1, 0.15) is 0 Å². The molecular formula is C29H44N2O2. The Hall–Kier alpha value is -1.06. The van der Waals surface area contributed by atoms with E-state index < -0.39 is 0 Å². The third-order valence-electron chi connectivity index (χ3n) is 11.7. The highest BCUT2D eigenvalue weighted by Gasteiger charge is 2.57. The van der Waals surface area contributed by atoms with Crippen molar-refractivity contribution >= 4 is 11.8 Å². The van der Waals surface area contributed by atoms with Gasteiger partial charge in [-0.2, -0.15) is 0 Å². The lowest BCUT2D eigenvalue weighted by molar-refractivity contribution is -0.159. The summed E-state index contributed by atoms with van der Waals surface area (Å²) in [5.41, 5.74) is -0.0989. The van der Waals surface area contributed by atoms with Gasteiger partial charge >= 0.3 is 0 Å². The smallest absolute Gasteiger partial charge is 0.228 e. The number of amides is 2. The van der Waals surface area contributed by atoms with Crippen LogP contribution in [-0.4, -0.2) is 47.8 Å². The van der Waals surface area contributed by atoms with Gasteiger partial charge in [0.25, 0.3) is 0 Å². The molecule has 0 aromatic carbocycles. The van der Waals surface area contributed by atoms with Crippen LogP contribution in [0, 0.1) is 52.3 Å². The van der Waals surface area contributed by atoms with Gasteiger partial charge < -0.3 is 9.80 Å². The molecule has 0 aromatic rings. The Bertz CT molecular complexity index is 697. The minimum Gasteiger partial charge on any atom is -0.340 e. The summed E-state index contributed by atoms with van der Waals surface area (Å²) in [6, 6.07) is 0. The fourth-order valence-electron chi connectivity index (χ4n) is 11.1. The lowest BCUT2D eigenvalue weighted by atomic mass is 9.49. The SMILES string of the molecule is CCC1CN(C(=O)C23CC4CC(CC(C4)C2)C3)CCN(C(=O)C23CC4CC(CC(C4)C2)C3)C1. The van der Waals surface area contributed by atoms with E-state index in [9.17, 15) is 9.59 Å². The lowest BCUT2D eigenvalue weighted by Crippen LogP contribution is -2.56. The van der Waals surface area contributed by atoms with E-state index in [4.69, 9.17) is 0 Å². The van der Waals surface area contributed by atoms with Gasteiger partial charge in [-0.3, -0.25) is 9.59 Å². The van der Waals surface area contributed by atoms with Gasteiger partial charge in [-0.05, 0) is 125 Å². The molecule has 8 bridgehead atoms. The van der Waals surface area contributed by atoms with Gasteiger partial charge in [-0.15, -0.1) is 0 Å². The second-order valence-corrected chi connectivity index (χ2v) is 14.2. The zero-order valence-electron chi connectivity index (χ0n) is 20.8. The van der Waals surface area contributed by atoms with Crippen LogP contribution in [0.1, 0.15) is 90.4 Å². The maximum absolute atomic E-state index is 14.1. The first-order valence-corrected chi connectivity index (χ1v) is 14.5. The molecule has 9 rings (SSSR count). The fourth-order valence-corrected chi connectivity index (χ4v) is 11.1. The van der Waals surface area contributed by atoms with Crippen LogP contribution in [-0.2, 0) is 9.59 Å². The molecule has 8 aliphatic carbocycles. The van der Waals surface area contributed by atoms with Crippen molar-refractivity contribution in [2.45, 2.75) is 90.4 Å². The second kappa shape index (κ2) is 7.47. The van der Waals surface area contributed by atoms with Crippen LogP contribution in [0.25, 0.3) is 0 Å². The van der Waals surface area contributed by atoms with Crippen LogP contribution in [0.2, 0.25) is 0 Å². The van der Waals surface area contributed by atoms with E-state index in [1.54, 1.807) is 0 Å². The highest BCUT2D eigenvalue weighted by atomic mass is 16.2. The Balaban J connectivity index is 1.09. The number of carbonyl (C=O) groups is 2. The van der Waals surface area contributed by atoms with Crippen molar-refractivity contribution in [3.05, 3.63) is 0 Å². The summed E-state index contributed by atoms with van der Waals surface area (Å²) in [5.74, 6) is 6.24. The first kappa shape index (κ1) is 21.2. The molecule has 0 N–H and O–H groups in total. The summed E-state index contributed by atoms with van der Waals surface area (Å²) in [7, 11) is 0. The average Bonchev–Trinajstić information content (AvgIpc) is 2.99. The molecule has 1 heterocycles. The molecular weight excluding hydrogens is 408 g/mol. The van der Waals surface area contributed by atoms with Gasteiger partial charge in [0.05, 0.1) is 10.8 Å². The highest BCUT2D eigenvalue weighted by molar-refractivity contribution is 5.85. The Morgan fingerprint density at radius 3 is 1.18 bits per heavy atom. The Morgan fingerprint density at radius 1 is 0.606 bits per heavy atom. The first-order valence-electron chi connectivity index (χ1n) is 14.5. The van der Waals surface area contributed by atoms with Crippen molar-refractivity contribution < 1.29 is 9.59 Å². The Kier molecular flexibility index (Phi) is 4.81. The van der Waals surface area contributed by atoms with Gasteiger partial charge in [0.15, 0.2) is 0 Å². The summed E-state index contributed by atoms with van der Waals surface area (Å²) < 4.78 is 0. The molecule has 0 atom stereocenters. The van der Waals surface area contributed by atoms with Crippen molar-refractivity contribution in [2.24, 2.45) is 52.3 Å². The second-order valence-electron chi connectivity index (χ2n) is 14.2. The van der Waals surface area contributed by atoms with Crippen molar-refractivity contribution in [1.82, 2.24) is 9.80 Å². The van der Waals surface area contributed by atoms with Crippen LogP contribution >= 0.6 is 0 Å². The summed E-state index contributed by atoms with van der Waals surface area (Å²) in [6.45, 7) is 5.56. The molecule has 4 nitrogen and oxygen atoms in total. The third-order valence-corrected chi connectivity index (χ3v) is 11.7. The van der Waals surface area contributed by atoms with Crippen LogP contribution in [0.3, 0.4) is 0 Å². The zero-order valence-corrected chi connectivity index (χ0v) is 20.8. The molecule has 0 spiro atoms. The van der Waals surface area contributed by atoms with E-state index in [1.807, 2.05) is 0 Å². The van der Waals surface area contributed by atoms with E-state index in [1.165, 1.54) is 38.5 Å². The van der Waals surface area contributed by atoms with E-state index in [0.717, 1.165) is 107 Å². The minimum atomic E-state index is -0.0495. The maximum atomic E-state index is 14.1. The largest absolute Gasteiger partial charge is 0.340 e. The molecule has 9 fully saturated rings. The molecule has 2 amide bonds. The quantitative estimate of drug-likeness (QED) is 0.597. The van der Waals surface area contributed by atoms with Crippen molar-refractivity contribution in [2.75, 3.05) is 26.2 Å². The van der Waals surface area contributed by atoms with Crippen LogP contribution in [0.15, 0.2) is 0 Å². The van der Waals surface area contributed by atoms with E-state index in [0.29, 0.717) is 17.7 Å². The van der Waals surface area contributed by atoms with E-state index in [-0.39, 0.29) is 10.8 Å². The molecule has 1 aliphatic heterocycles. The van der Waals surface area contributed by atoms with Crippen LogP contribution < -0.4 is 0 Å². The predicted molar refractivity (Wildman–Crippen MR) is 128 cm³/mol. The molecule has 4 heteroatoms. The van der Waals surface area contributed by atoms with Crippen molar-refractivity contribution in [3.8, 4) is 0 Å². The molecule has 0 aromatic heterocycles. The Morgan fingerprint density at radius 2 is 0.909 bits per heavy atom. The summed E-state index contributed by atoms with van der Waals surface area (Å²) >= 11 is 0. The summed E-state index contributed by atoms with van der Waals surface area (Å²) in [4.78, 5) is 32.7. The molecule has 8 saturated carbocycles. The van der Waals surface area contributed by atoms with Crippen LogP contribution in [0.4, 0.5) is 0 Å². The topological polar surface area (TPSA) is 40.6 Å². The third kappa shape index (κ3) is 3.35. The molecule has 9 aliphatic rings. The van der Waals surface area contributed by atoms with Gasteiger partial charge in [0, 0.05) is 26.2 Å². The molecule has 1 saturated heterocycles. The standard InChI is InChI=1S/C29H44N2O2/c1-2-19-17-30(26(32)28-11-20-5-21(12-28)7-22(6-20)13-28)3-4-31(18-19)27(33)29-14-23-8-24(15-29)10-25(9-23)16-29/h19-25H,2-18H2,1H3. The summed E-state index contributed by atoms with van der Waals surface area (Å²) in [6.07, 6.45) is 16.3. The maximum Gasteiger partial charge on any atom is 0.228 e. The van der Waals surface area contributed by atoms with Crippen LogP contribution in [0.5, 0.6) is 0 Å². The number of rotatable bonds is 3. The fraction of sp³-hybridized carbons (Fsp3) is 0.931. The number of carbonyl (C=O) groups excluding carboxylic acids is 2. The van der Waals surface area contributed by atoms with Crippen molar-refractivity contribution in [3.63, 3.8) is 0 Å². The molecule has 33 heavy (non-hydrogen) atoms. The lowest BCUT2D eigenvalue weighted by Gasteiger charge is -2.56. The van der Waals surface area contributed by atoms with Gasteiger partial charge in [-0.25, -0.2) is 0 Å². The molecule has 182 valence electrons. The molecule has 0 radical (unpaired) electrons. The van der Waals surface area contributed by atoms with Gasteiger partial charge in [0.2, 0.25) is 11.8 Å². The van der Waals surface area contributed by atoms with E-state index >= 15 is 0 Å². The highest BCUT2D eigenvalue weighted by Crippen LogP contribution is 2.62. The minimum absolute atomic E-state index is 0.0495. The monoisotopic (exact) mass is 452 g/mol. The van der Waals surface area contributed by atoms with E-state index in [2.05, 4.69) is 16.7 Å². The van der Waals surface area contributed by atoms with Crippen molar-refractivity contribution in [1.29, 1.82) is 0 Å². The van der Waals surface area contributed by atoms with Gasteiger partial charge in [-0.1, -0.05) is 6.92 Å². The normalized spacial score (nSPS) is 50.0. The molecule has 0 unspecified atom stereocenters. The first-order chi connectivity index (χ1) is 15.9. The number of nitrogens with zero attached hydrogens (tertiary/aromatic N) is 2. The Labute approximate surface area is 200 Å². The zero-order chi connectivity index (χ0) is 22.4. The average molecular weight is 453 g/mol. The summed E-state index contributed by atoms with van der Waals surface area (Å²) in [5, 5.41) is 0. The predicted octanol–water partition coefficient (Wildman–Crippen LogP) is 5.12. The number of hydrogen-bond acceptors (Lipinski definition) is 2. The number of hydrogen-bond donors (Lipinski definition) is 0.